The summed E-state index contributed by atoms with van der Waals surface area (Å²) in [5.41, 5.74) is 7.80. The lowest BCUT2D eigenvalue weighted by Crippen LogP contribution is -2.22. The SMILES string of the molecule is CN(C)c1ccc(C(=O)N/N=C2/CCCc3ccccc32)cc1. The summed E-state index contributed by atoms with van der Waals surface area (Å²) in [6, 6.07) is 15.8. The Kier molecular flexibility index (Phi) is 4.42. The van der Waals surface area contributed by atoms with Gasteiger partial charge in [-0.1, -0.05) is 24.3 Å². The van der Waals surface area contributed by atoms with Gasteiger partial charge in [0.25, 0.3) is 5.91 Å². The highest BCUT2D eigenvalue weighted by atomic mass is 16.2. The summed E-state index contributed by atoms with van der Waals surface area (Å²) in [7, 11) is 3.95. The van der Waals surface area contributed by atoms with Gasteiger partial charge in [-0.15, -0.1) is 0 Å². The number of fused-ring (bicyclic) bond motifs is 1. The largest absolute Gasteiger partial charge is 0.378 e. The van der Waals surface area contributed by atoms with Gasteiger partial charge in [-0.05, 0) is 49.1 Å². The van der Waals surface area contributed by atoms with Crippen LogP contribution >= 0.6 is 0 Å². The van der Waals surface area contributed by atoms with Gasteiger partial charge >= 0.3 is 0 Å². The fourth-order valence-electron chi connectivity index (χ4n) is 2.81. The van der Waals surface area contributed by atoms with Crippen molar-refractivity contribution in [2.75, 3.05) is 19.0 Å². The Morgan fingerprint density at radius 2 is 1.78 bits per heavy atom. The normalized spacial score (nSPS) is 15.1. The molecule has 2 aromatic carbocycles. The van der Waals surface area contributed by atoms with Gasteiger partial charge in [-0.2, -0.15) is 5.10 Å². The summed E-state index contributed by atoms with van der Waals surface area (Å²) in [5, 5.41) is 4.37. The molecule has 3 rings (SSSR count). The first kappa shape index (κ1) is 15.3. The number of amides is 1. The second-order valence-corrected chi connectivity index (χ2v) is 5.95. The van der Waals surface area contributed by atoms with Crippen LogP contribution in [0.5, 0.6) is 0 Å². The average Bonchev–Trinajstić information content (AvgIpc) is 2.59. The minimum atomic E-state index is -0.175. The minimum Gasteiger partial charge on any atom is -0.378 e. The molecule has 23 heavy (non-hydrogen) atoms. The summed E-state index contributed by atoms with van der Waals surface area (Å²) in [6.45, 7) is 0. The van der Waals surface area contributed by atoms with Crippen molar-refractivity contribution < 1.29 is 4.79 Å². The molecule has 0 bridgehead atoms. The third-order valence-corrected chi connectivity index (χ3v) is 4.13. The predicted molar refractivity (Wildman–Crippen MR) is 94.2 cm³/mol. The standard InChI is InChI=1S/C19H21N3O/c1-22(2)16-12-10-15(11-13-16)19(23)21-20-18-9-5-7-14-6-3-4-8-17(14)18/h3-4,6,8,10-13H,5,7,9H2,1-2H3,(H,21,23)/b20-18-. The molecule has 4 nitrogen and oxygen atoms in total. The first-order valence-corrected chi connectivity index (χ1v) is 7.88. The maximum Gasteiger partial charge on any atom is 0.271 e. The second-order valence-electron chi connectivity index (χ2n) is 5.95. The van der Waals surface area contributed by atoms with Crippen molar-refractivity contribution >= 4 is 17.3 Å². The molecular weight excluding hydrogens is 286 g/mol. The van der Waals surface area contributed by atoms with Crippen LogP contribution < -0.4 is 10.3 Å². The second kappa shape index (κ2) is 6.65. The molecule has 118 valence electrons. The van der Waals surface area contributed by atoms with Crippen molar-refractivity contribution in [1.82, 2.24) is 5.43 Å². The maximum atomic E-state index is 12.2. The summed E-state index contributed by atoms with van der Waals surface area (Å²) in [4.78, 5) is 14.2. The molecule has 0 heterocycles. The molecule has 0 radical (unpaired) electrons. The van der Waals surface area contributed by atoms with Crippen LogP contribution in [0.1, 0.15) is 34.3 Å². The van der Waals surface area contributed by atoms with Gasteiger partial charge in [0.15, 0.2) is 0 Å². The van der Waals surface area contributed by atoms with E-state index < -0.39 is 0 Å². The number of carbonyl (C=O) groups excluding carboxylic acids is 1. The molecule has 0 aromatic heterocycles. The number of hydrazone groups is 1. The number of nitrogens with one attached hydrogen (secondary N) is 1. The van der Waals surface area contributed by atoms with Gasteiger partial charge < -0.3 is 4.90 Å². The molecule has 1 aliphatic rings. The van der Waals surface area contributed by atoms with E-state index in [2.05, 4.69) is 22.7 Å². The highest BCUT2D eigenvalue weighted by Gasteiger charge is 2.15. The van der Waals surface area contributed by atoms with Crippen molar-refractivity contribution in [2.45, 2.75) is 19.3 Å². The van der Waals surface area contributed by atoms with E-state index in [1.807, 2.05) is 55.4 Å². The maximum absolute atomic E-state index is 12.2. The summed E-state index contributed by atoms with van der Waals surface area (Å²) in [5.74, 6) is -0.175. The van der Waals surface area contributed by atoms with Crippen LogP contribution in [-0.2, 0) is 6.42 Å². The molecule has 4 heteroatoms. The molecule has 1 aliphatic carbocycles. The number of hydrogen-bond donors (Lipinski definition) is 1. The number of benzene rings is 2. The van der Waals surface area contributed by atoms with E-state index in [1.54, 1.807) is 0 Å². The van der Waals surface area contributed by atoms with Gasteiger partial charge in [0.05, 0.1) is 5.71 Å². The Balaban J connectivity index is 1.74. The highest BCUT2D eigenvalue weighted by Crippen LogP contribution is 2.21. The number of rotatable bonds is 3. The van der Waals surface area contributed by atoms with E-state index in [1.165, 1.54) is 5.56 Å². The minimum absolute atomic E-state index is 0.175. The van der Waals surface area contributed by atoms with Crippen LogP contribution in [0.25, 0.3) is 0 Å². The third-order valence-electron chi connectivity index (χ3n) is 4.13. The molecule has 2 aromatic rings. The smallest absolute Gasteiger partial charge is 0.271 e. The fourth-order valence-corrected chi connectivity index (χ4v) is 2.81. The van der Waals surface area contributed by atoms with Crippen molar-refractivity contribution in [3.8, 4) is 0 Å². The quantitative estimate of drug-likeness (QED) is 0.885. The van der Waals surface area contributed by atoms with E-state index in [4.69, 9.17) is 0 Å². The average molecular weight is 307 g/mol. The van der Waals surface area contributed by atoms with Gasteiger partial charge in [0.1, 0.15) is 0 Å². The Morgan fingerprint density at radius 3 is 2.52 bits per heavy atom. The predicted octanol–water partition coefficient (Wildman–Crippen LogP) is 3.22. The van der Waals surface area contributed by atoms with Gasteiger partial charge in [-0.25, -0.2) is 5.43 Å². The topological polar surface area (TPSA) is 44.7 Å². The number of anilines is 1. The van der Waals surface area contributed by atoms with Gasteiger partial charge in [-0.3, -0.25) is 4.79 Å². The molecular formula is C19H21N3O. The summed E-state index contributed by atoms with van der Waals surface area (Å²) < 4.78 is 0. The van der Waals surface area contributed by atoms with Crippen molar-refractivity contribution in [3.63, 3.8) is 0 Å². The molecule has 0 saturated carbocycles. The Morgan fingerprint density at radius 1 is 1.04 bits per heavy atom. The highest BCUT2D eigenvalue weighted by molar-refractivity contribution is 6.04. The van der Waals surface area contributed by atoms with Crippen LogP contribution in [0.3, 0.4) is 0 Å². The molecule has 1 amide bonds. The van der Waals surface area contributed by atoms with Gasteiger partial charge in [0.2, 0.25) is 0 Å². The van der Waals surface area contributed by atoms with E-state index in [0.29, 0.717) is 5.56 Å². The molecule has 0 aliphatic heterocycles. The van der Waals surface area contributed by atoms with Crippen LogP contribution in [-0.4, -0.2) is 25.7 Å². The molecule has 0 spiro atoms. The molecule has 0 fully saturated rings. The zero-order valence-electron chi connectivity index (χ0n) is 13.5. The molecule has 0 saturated heterocycles. The van der Waals surface area contributed by atoms with Crippen molar-refractivity contribution in [3.05, 3.63) is 65.2 Å². The number of hydrogen-bond acceptors (Lipinski definition) is 3. The van der Waals surface area contributed by atoms with Crippen molar-refractivity contribution in [1.29, 1.82) is 0 Å². The summed E-state index contributed by atoms with van der Waals surface area (Å²) >= 11 is 0. The van der Waals surface area contributed by atoms with Crippen LogP contribution in [0.2, 0.25) is 0 Å². The lowest BCUT2D eigenvalue weighted by atomic mass is 9.90. The first-order valence-electron chi connectivity index (χ1n) is 7.88. The summed E-state index contributed by atoms with van der Waals surface area (Å²) in [6.07, 6.45) is 3.05. The lowest BCUT2D eigenvalue weighted by Gasteiger charge is -2.17. The van der Waals surface area contributed by atoms with E-state index in [9.17, 15) is 4.79 Å². The van der Waals surface area contributed by atoms with Crippen LogP contribution in [0.15, 0.2) is 53.6 Å². The number of nitrogens with zero attached hydrogens (tertiary/aromatic N) is 2. The van der Waals surface area contributed by atoms with Crippen molar-refractivity contribution in [2.24, 2.45) is 5.10 Å². The number of carbonyl (C=O) groups is 1. The Labute approximate surface area is 136 Å². The zero-order valence-corrected chi connectivity index (χ0v) is 13.5. The lowest BCUT2D eigenvalue weighted by molar-refractivity contribution is 0.0955. The van der Waals surface area contributed by atoms with E-state index in [-0.39, 0.29) is 5.91 Å². The fraction of sp³-hybridized carbons (Fsp3) is 0.263. The first-order chi connectivity index (χ1) is 11.1. The van der Waals surface area contributed by atoms with E-state index in [0.717, 1.165) is 36.2 Å². The Hall–Kier alpha value is -2.62. The third kappa shape index (κ3) is 3.42. The van der Waals surface area contributed by atoms with Crippen LogP contribution in [0.4, 0.5) is 5.69 Å². The molecule has 1 N–H and O–H groups in total. The molecule has 0 unspecified atom stereocenters. The zero-order chi connectivity index (χ0) is 16.2. The van der Waals surface area contributed by atoms with E-state index >= 15 is 0 Å². The van der Waals surface area contributed by atoms with Crippen LogP contribution in [0, 0.1) is 0 Å². The monoisotopic (exact) mass is 307 g/mol. The van der Waals surface area contributed by atoms with Gasteiger partial charge in [0, 0.05) is 30.9 Å². The molecule has 0 atom stereocenters. The number of aryl methyl sites for hydroxylation is 1. The Bertz CT molecular complexity index is 733.